The number of halogens is 1. The highest BCUT2D eigenvalue weighted by molar-refractivity contribution is 5.84. The molecule has 1 saturated carbocycles. The summed E-state index contributed by atoms with van der Waals surface area (Å²) in [6.45, 7) is 2.98. The first-order valence-corrected chi connectivity index (χ1v) is 12.1. The van der Waals surface area contributed by atoms with Gasteiger partial charge in [-0.25, -0.2) is 14.4 Å². The number of hydrogen-bond acceptors (Lipinski definition) is 6. The number of alkyl halides is 1. The number of aromatic nitrogens is 4. The van der Waals surface area contributed by atoms with Gasteiger partial charge in [-0.2, -0.15) is 0 Å². The van der Waals surface area contributed by atoms with E-state index in [-0.39, 0.29) is 16.9 Å². The molecule has 4 aromatic rings. The molecule has 2 fully saturated rings. The minimum absolute atomic E-state index is 0.109. The topological polar surface area (TPSA) is 102 Å². The molecule has 1 saturated heterocycles. The van der Waals surface area contributed by atoms with Crippen molar-refractivity contribution in [2.45, 2.75) is 26.2 Å². The number of nitrogens with zero attached hydrogens (tertiary/aromatic N) is 5. The molecule has 190 valence electrons. The van der Waals surface area contributed by atoms with E-state index in [1.54, 1.807) is 42.3 Å². The molecular formula is C27H26FN5O4. The molecule has 1 N–H and O–H groups in total. The summed E-state index contributed by atoms with van der Waals surface area (Å²) in [6.07, 6.45) is 2.75. The Kier molecular flexibility index (Phi) is 5.29. The molecule has 1 spiro atoms. The van der Waals surface area contributed by atoms with Crippen LogP contribution in [0.5, 0.6) is 5.75 Å². The van der Waals surface area contributed by atoms with Gasteiger partial charge >= 0.3 is 5.97 Å². The van der Waals surface area contributed by atoms with Gasteiger partial charge < -0.3 is 14.7 Å². The van der Waals surface area contributed by atoms with E-state index >= 15 is 0 Å². The molecule has 2 aromatic heterocycles. The van der Waals surface area contributed by atoms with Crippen molar-refractivity contribution < 1.29 is 19.0 Å². The average Bonchev–Trinajstić information content (AvgIpc) is 3.58. The maximum atomic E-state index is 13.6. The number of fused-ring (bicyclic) bond motifs is 1. The molecule has 0 bridgehead atoms. The van der Waals surface area contributed by atoms with Crippen molar-refractivity contribution in [3.8, 4) is 16.9 Å². The predicted molar refractivity (Wildman–Crippen MR) is 135 cm³/mol. The number of benzene rings is 2. The molecular weight excluding hydrogens is 477 g/mol. The van der Waals surface area contributed by atoms with E-state index in [1.807, 2.05) is 33.8 Å². The van der Waals surface area contributed by atoms with Crippen LogP contribution in [0.4, 0.5) is 10.3 Å². The predicted octanol–water partition coefficient (Wildman–Crippen LogP) is 3.45. The highest BCUT2D eigenvalue weighted by Gasteiger charge is 2.65. The second-order valence-corrected chi connectivity index (χ2v) is 9.97. The monoisotopic (exact) mass is 503 g/mol. The summed E-state index contributed by atoms with van der Waals surface area (Å²) in [5, 5.41) is 9.80. The van der Waals surface area contributed by atoms with Crippen molar-refractivity contribution in [2.75, 3.05) is 18.0 Å². The Balaban J connectivity index is 1.28. The fourth-order valence-corrected chi connectivity index (χ4v) is 5.36. The Morgan fingerprint density at radius 3 is 2.59 bits per heavy atom. The highest BCUT2D eigenvalue weighted by Crippen LogP contribution is 2.59. The Bertz CT molecular complexity index is 1570. The van der Waals surface area contributed by atoms with Gasteiger partial charge in [0, 0.05) is 56.0 Å². The van der Waals surface area contributed by atoms with Gasteiger partial charge in [-0.1, -0.05) is 24.3 Å². The minimum Gasteiger partial charge on any atom is -0.481 e. The number of hydrogen-bond donors (Lipinski definition) is 1. The first-order valence-electron chi connectivity index (χ1n) is 12.1. The Morgan fingerprint density at radius 1 is 1.19 bits per heavy atom. The lowest BCUT2D eigenvalue weighted by Gasteiger charge is -2.40. The molecule has 1 aliphatic carbocycles. The summed E-state index contributed by atoms with van der Waals surface area (Å²) in [4.78, 5) is 35.2. The normalized spacial score (nSPS) is 18.6. The van der Waals surface area contributed by atoms with E-state index in [1.165, 1.54) is 6.92 Å². The lowest BCUT2D eigenvalue weighted by molar-refractivity contribution is -0.139. The van der Waals surface area contributed by atoms with Gasteiger partial charge in [0.15, 0.2) is 0 Å². The molecule has 9 nitrogen and oxygen atoms in total. The minimum atomic E-state index is -1.45. The third-order valence-corrected chi connectivity index (χ3v) is 7.50. The molecule has 2 unspecified atom stereocenters. The standard InChI is InChI=1S/C27H26FN5O4/c1-16(28)37-23-6-4-3-5-18(23)13-33-22-9-17(7-8-20(22)24(34)31(33)2)19-11-29-26(30-12-19)32-14-27(15-32)10-21(27)25(35)36/h3-9,11-12,16,21H,10,13-15H2,1-2H3,(H,35,36). The summed E-state index contributed by atoms with van der Waals surface area (Å²) in [5.74, 6) is 0.0400. The summed E-state index contributed by atoms with van der Waals surface area (Å²) in [6, 6.07) is 12.8. The molecule has 37 heavy (non-hydrogen) atoms. The van der Waals surface area contributed by atoms with Gasteiger partial charge in [0.05, 0.1) is 23.4 Å². The van der Waals surface area contributed by atoms with E-state index in [0.717, 1.165) is 28.6 Å². The lowest BCUT2D eigenvalue weighted by atomic mass is 9.94. The third-order valence-electron chi connectivity index (χ3n) is 7.50. The van der Waals surface area contributed by atoms with E-state index in [0.29, 0.717) is 36.7 Å². The van der Waals surface area contributed by atoms with Crippen molar-refractivity contribution in [3.63, 3.8) is 0 Å². The zero-order chi connectivity index (χ0) is 25.9. The number of aliphatic carboxylic acids is 1. The first kappa shape index (κ1) is 23.2. The number of anilines is 1. The summed E-state index contributed by atoms with van der Waals surface area (Å²) >= 11 is 0. The zero-order valence-corrected chi connectivity index (χ0v) is 20.5. The SMILES string of the molecule is CC(F)Oc1ccccc1Cn1c2cc(-c3cnc(N4CC5(CC5C(=O)O)C4)nc3)ccc2c(=O)n1C. The van der Waals surface area contributed by atoms with Crippen LogP contribution in [0.15, 0.2) is 59.7 Å². The summed E-state index contributed by atoms with van der Waals surface area (Å²) in [5.41, 5.74) is 2.90. The van der Waals surface area contributed by atoms with Crippen LogP contribution in [0, 0.1) is 11.3 Å². The third kappa shape index (κ3) is 3.92. The van der Waals surface area contributed by atoms with Crippen LogP contribution in [-0.4, -0.2) is 49.9 Å². The number of carboxylic acid groups (broad SMARTS) is 1. The van der Waals surface area contributed by atoms with Crippen molar-refractivity contribution in [2.24, 2.45) is 18.4 Å². The number of ether oxygens (including phenoxy) is 1. The summed E-state index contributed by atoms with van der Waals surface area (Å²) < 4.78 is 22.3. The summed E-state index contributed by atoms with van der Waals surface area (Å²) in [7, 11) is 1.70. The Hall–Kier alpha value is -4.21. The molecule has 6 rings (SSSR count). The maximum absolute atomic E-state index is 13.6. The Morgan fingerprint density at radius 2 is 1.92 bits per heavy atom. The Labute approximate surface area is 211 Å². The van der Waals surface area contributed by atoms with Crippen LogP contribution in [0.25, 0.3) is 22.0 Å². The number of para-hydroxylation sites is 1. The molecule has 2 aromatic carbocycles. The molecule has 1 aliphatic heterocycles. The van der Waals surface area contributed by atoms with Gasteiger partial charge in [-0.05, 0) is 30.2 Å². The van der Waals surface area contributed by atoms with Gasteiger partial charge in [-0.15, -0.1) is 0 Å². The molecule has 0 radical (unpaired) electrons. The zero-order valence-electron chi connectivity index (χ0n) is 20.5. The maximum Gasteiger partial charge on any atom is 0.307 e. The van der Waals surface area contributed by atoms with Crippen molar-refractivity contribution in [1.29, 1.82) is 0 Å². The van der Waals surface area contributed by atoms with Gasteiger partial charge in [0.25, 0.3) is 5.56 Å². The van der Waals surface area contributed by atoms with Crippen LogP contribution in [-0.2, 0) is 18.4 Å². The van der Waals surface area contributed by atoms with Crippen LogP contribution in [0.1, 0.15) is 18.9 Å². The van der Waals surface area contributed by atoms with Gasteiger partial charge in [0.1, 0.15) is 5.75 Å². The molecule has 3 heterocycles. The number of carbonyl (C=O) groups is 1. The number of carboxylic acids is 1. The molecule has 0 amide bonds. The van der Waals surface area contributed by atoms with E-state index < -0.39 is 12.3 Å². The second-order valence-electron chi connectivity index (χ2n) is 9.97. The van der Waals surface area contributed by atoms with Gasteiger partial charge in [-0.3, -0.25) is 19.0 Å². The average molecular weight is 504 g/mol. The molecule has 10 heteroatoms. The fraction of sp³-hybridized carbons (Fsp3) is 0.333. The lowest BCUT2D eigenvalue weighted by Crippen LogP contribution is -2.51. The number of rotatable bonds is 7. The molecule has 2 aliphatic rings. The highest BCUT2D eigenvalue weighted by atomic mass is 19.1. The second kappa shape index (κ2) is 8.43. The van der Waals surface area contributed by atoms with Crippen LogP contribution < -0.4 is 15.2 Å². The largest absolute Gasteiger partial charge is 0.481 e. The van der Waals surface area contributed by atoms with Crippen molar-refractivity contribution >= 4 is 22.8 Å². The fourth-order valence-electron chi connectivity index (χ4n) is 5.36. The van der Waals surface area contributed by atoms with E-state index in [2.05, 4.69) is 9.97 Å². The van der Waals surface area contributed by atoms with Crippen LogP contribution in [0.3, 0.4) is 0 Å². The van der Waals surface area contributed by atoms with Crippen molar-refractivity contribution in [3.05, 3.63) is 70.8 Å². The molecule has 2 atom stereocenters. The van der Waals surface area contributed by atoms with E-state index in [4.69, 9.17) is 4.74 Å². The van der Waals surface area contributed by atoms with Crippen LogP contribution >= 0.6 is 0 Å². The van der Waals surface area contributed by atoms with Crippen LogP contribution in [0.2, 0.25) is 0 Å². The van der Waals surface area contributed by atoms with Gasteiger partial charge in [0.2, 0.25) is 12.3 Å². The van der Waals surface area contributed by atoms with Crippen molar-refractivity contribution in [1.82, 2.24) is 19.3 Å². The first-order chi connectivity index (χ1) is 17.8. The quantitative estimate of drug-likeness (QED) is 0.412. The van der Waals surface area contributed by atoms with E-state index in [9.17, 15) is 19.1 Å². The smallest absolute Gasteiger partial charge is 0.307 e.